The molecule has 1 atom stereocenters. The normalized spacial score (nSPS) is 14.5. The number of unbranched alkanes of at least 4 members (excludes halogenated alkanes) is 2. The van der Waals surface area contributed by atoms with Crippen LogP contribution in [0.2, 0.25) is 37.8 Å². The highest BCUT2D eigenvalue weighted by atomic mass is 28.4. The molecule has 0 saturated heterocycles. The molecular weight excluding hydrogens is 320 g/mol. The predicted molar refractivity (Wildman–Crippen MR) is 105 cm³/mol. The van der Waals surface area contributed by atoms with Crippen LogP contribution in [0.25, 0.3) is 0 Å². The molecule has 0 bridgehead atoms. The number of ketones is 1. The Kier molecular flexibility index (Phi) is 12.0. The highest BCUT2D eigenvalue weighted by molar-refractivity contribution is 6.85. The molecule has 0 radical (unpaired) electrons. The molecule has 0 aliphatic carbocycles. The summed E-state index contributed by atoms with van der Waals surface area (Å²) in [6.45, 7) is 16.5. The molecule has 0 heterocycles. The van der Waals surface area contributed by atoms with Gasteiger partial charge in [0.1, 0.15) is 0 Å². The first-order chi connectivity index (χ1) is 10.8. The lowest BCUT2D eigenvalue weighted by Crippen LogP contribution is -2.46. The summed E-state index contributed by atoms with van der Waals surface area (Å²) in [7, 11) is -3.34. The summed E-state index contributed by atoms with van der Waals surface area (Å²) in [4.78, 5) is 11.3. The molecule has 0 saturated carbocycles. The Balaban J connectivity index is 4.42. The van der Waals surface area contributed by atoms with Crippen molar-refractivity contribution in [1.82, 2.24) is 0 Å². The smallest absolute Gasteiger partial charge is 0.178 e. The number of carbonyl (C=O) groups is 1. The molecule has 0 aromatic carbocycles. The molecule has 0 N–H and O–H groups in total. The SMILES string of the molecule is C=CC(=O)CCCC[Si](C)(C)O[Si](C)(CCCC)CCOCC. The van der Waals surface area contributed by atoms with Gasteiger partial charge in [0.15, 0.2) is 22.4 Å². The number of rotatable bonds is 15. The fourth-order valence-corrected chi connectivity index (χ4v) is 12.5. The maximum absolute atomic E-state index is 11.3. The Bertz CT molecular complexity index is 345. The van der Waals surface area contributed by atoms with Crippen molar-refractivity contribution in [3.63, 3.8) is 0 Å². The van der Waals surface area contributed by atoms with E-state index in [0.29, 0.717) is 6.42 Å². The van der Waals surface area contributed by atoms with Crippen LogP contribution >= 0.6 is 0 Å². The van der Waals surface area contributed by atoms with Gasteiger partial charge in [-0.15, -0.1) is 0 Å². The van der Waals surface area contributed by atoms with Crippen LogP contribution in [0.3, 0.4) is 0 Å². The van der Waals surface area contributed by atoms with Crippen molar-refractivity contribution in [2.75, 3.05) is 13.2 Å². The minimum absolute atomic E-state index is 0.157. The van der Waals surface area contributed by atoms with Gasteiger partial charge in [-0.1, -0.05) is 32.8 Å². The molecule has 3 nitrogen and oxygen atoms in total. The zero-order valence-electron chi connectivity index (χ0n) is 16.1. The van der Waals surface area contributed by atoms with Gasteiger partial charge in [-0.25, -0.2) is 0 Å². The van der Waals surface area contributed by atoms with Gasteiger partial charge in [0.05, 0.1) is 0 Å². The minimum Gasteiger partial charge on any atom is -0.455 e. The molecule has 0 aromatic rings. The molecule has 0 rings (SSSR count). The van der Waals surface area contributed by atoms with Gasteiger partial charge >= 0.3 is 0 Å². The van der Waals surface area contributed by atoms with Gasteiger partial charge in [0, 0.05) is 19.6 Å². The second-order valence-corrected chi connectivity index (χ2v) is 16.0. The van der Waals surface area contributed by atoms with Crippen LogP contribution in [0.5, 0.6) is 0 Å². The van der Waals surface area contributed by atoms with Crippen LogP contribution in [0.1, 0.15) is 46.0 Å². The topological polar surface area (TPSA) is 35.5 Å². The number of ether oxygens (including phenoxy) is 1. The highest BCUT2D eigenvalue weighted by Gasteiger charge is 2.35. The van der Waals surface area contributed by atoms with Gasteiger partial charge in [0.25, 0.3) is 0 Å². The van der Waals surface area contributed by atoms with E-state index in [4.69, 9.17) is 8.85 Å². The van der Waals surface area contributed by atoms with E-state index in [-0.39, 0.29) is 5.78 Å². The lowest BCUT2D eigenvalue weighted by molar-refractivity contribution is -0.114. The molecule has 5 heteroatoms. The Morgan fingerprint density at radius 2 is 1.74 bits per heavy atom. The summed E-state index contributed by atoms with van der Waals surface area (Å²) >= 11 is 0. The monoisotopic (exact) mass is 358 g/mol. The zero-order valence-corrected chi connectivity index (χ0v) is 18.1. The van der Waals surface area contributed by atoms with Crippen LogP contribution in [-0.4, -0.2) is 35.6 Å². The van der Waals surface area contributed by atoms with Crippen LogP contribution in [0.15, 0.2) is 12.7 Å². The molecular formula is C18H38O3Si2. The maximum Gasteiger partial charge on any atom is 0.178 e. The van der Waals surface area contributed by atoms with Crippen molar-refractivity contribution in [1.29, 1.82) is 0 Å². The van der Waals surface area contributed by atoms with Crippen molar-refractivity contribution >= 4 is 22.4 Å². The van der Waals surface area contributed by atoms with Crippen molar-refractivity contribution < 1.29 is 13.6 Å². The number of allylic oxidation sites excluding steroid dienone is 1. The van der Waals surface area contributed by atoms with Crippen molar-refractivity contribution in [3.05, 3.63) is 12.7 Å². The third-order valence-electron chi connectivity index (χ3n) is 4.24. The van der Waals surface area contributed by atoms with E-state index in [1.165, 1.54) is 25.0 Å². The van der Waals surface area contributed by atoms with Gasteiger partial charge in [-0.05, 0) is 57.2 Å². The molecule has 23 heavy (non-hydrogen) atoms. The first kappa shape index (κ1) is 22.8. The standard InChI is InChI=1S/C18H38O3Si2/c1-7-10-16-23(6,17-14-20-9-3)21-22(4,5)15-12-11-13-18(19)8-2/h8H,2,7,9-17H2,1,3-6H3. The predicted octanol–water partition coefficient (Wildman–Crippen LogP) is 5.55. The van der Waals surface area contributed by atoms with E-state index < -0.39 is 16.6 Å². The van der Waals surface area contributed by atoms with E-state index in [1.807, 2.05) is 0 Å². The van der Waals surface area contributed by atoms with Gasteiger partial charge in [0.2, 0.25) is 0 Å². The van der Waals surface area contributed by atoms with Crippen LogP contribution < -0.4 is 0 Å². The van der Waals surface area contributed by atoms with Gasteiger partial charge in [-0.3, -0.25) is 4.79 Å². The van der Waals surface area contributed by atoms with E-state index in [9.17, 15) is 4.79 Å². The van der Waals surface area contributed by atoms with Crippen LogP contribution in [0.4, 0.5) is 0 Å². The van der Waals surface area contributed by atoms with E-state index in [2.05, 4.69) is 40.1 Å². The maximum atomic E-state index is 11.3. The molecule has 1 unspecified atom stereocenters. The van der Waals surface area contributed by atoms with Gasteiger partial charge < -0.3 is 8.85 Å². The Hall–Kier alpha value is -0.236. The first-order valence-electron chi connectivity index (χ1n) is 9.22. The minimum atomic E-state index is -1.68. The number of hydrogen-bond acceptors (Lipinski definition) is 3. The number of carbonyl (C=O) groups excluding carboxylic acids is 1. The molecule has 0 spiro atoms. The second-order valence-electron chi connectivity index (χ2n) is 7.24. The summed E-state index contributed by atoms with van der Waals surface area (Å²) in [5.41, 5.74) is 0. The summed E-state index contributed by atoms with van der Waals surface area (Å²) in [5.74, 6) is 0.157. The van der Waals surface area contributed by atoms with Crippen LogP contribution in [-0.2, 0) is 13.6 Å². The Morgan fingerprint density at radius 1 is 1.04 bits per heavy atom. The zero-order chi connectivity index (χ0) is 17.8. The fourth-order valence-electron chi connectivity index (χ4n) is 2.88. The molecule has 136 valence electrons. The first-order valence-corrected chi connectivity index (χ1v) is 15.2. The molecule has 0 fully saturated rings. The third kappa shape index (κ3) is 11.9. The lowest BCUT2D eigenvalue weighted by atomic mass is 10.2. The summed E-state index contributed by atoms with van der Waals surface area (Å²) < 4.78 is 12.4. The van der Waals surface area contributed by atoms with Crippen LogP contribution in [0, 0.1) is 0 Å². The average Bonchev–Trinajstić information content (AvgIpc) is 2.49. The highest BCUT2D eigenvalue weighted by Crippen LogP contribution is 2.28. The van der Waals surface area contributed by atoms with Crippen molar-refractivity contribution in [3.8, 4) is 0 Å². The largest absolute Gasteiger partial charge is 0.455 e. The fraction of sp³-hybridized carbons (Fsp3) is 0.833. The Morgan fingerprint density at radius 3 is 2.30 bits per heavy atom. The number of hydrogen-bond donors (Lipinski definition) is 0. The summed E-state index contributed by atoms with van der Waals surface area (Å²) in [5, 5.41) is 0. The van der Waals surface area contributed by atoms with E-state index >= 15 is 0 Å². The summed E-state index contributed by atoms with van der Waals surface area (Å²) in [6, 6.07) is 3.48. The quantitative estimate of drug-likeness (QED) is 0.219. The molecule has 0 aromatic heterocycles. The van der Waals surface area contributed by atoms with E-state index in [1.54, 1.807) is 0 Å². The lowest BCUT2D eigenvalue weighted by Gasteiger charge is -2.37. The van der Waals surface area contributed by atoms with E-state index in [0.717, 1.165) is 38.1 Å². The molecule has 0 aliphatic rings. The summed E-state index contributed by atoms with van der Waals surface area (Å²) in [6.07, 6.45) is 6.59. The molecule has 0 aliphatic heterocycles. The average molecular weight is 359 g/mol. The second kappa shape index (κ2) is 12.2. The van der Waals surface area contributed by atoms with Gasteiger partial charge in [-0.2, -0.15) is 0 Å². The van der Waals surface area contributed by atoms with Crippen molar-refractivity contribution in [2.24, 2.45) is 0 Å². The Labute approximate surface area is 146 Å². The third-order valence-corrected chi connectivity index (χ3v) is 12.7. The van der Waals surface area contributed by atoms with Crippen molar-refractivity contribution in [2.45, 2.75) is 83.7 Å². The molecule has 0 amide bonds.